The van der Waals surface area contributed by atoms with Gasteiger partial charge in [-0.3, -0.25) is 0 Å². The molecular weight excluding hydrogens is 294 g/mol. The van der Waals surface area contributed by atoms with E-state index >= 15 is 0 Å². The van der Waals surface area contributed by atoms with Gasteiger partial charge in [0.1, 0.15) is 0 Å². The zero-order chi connectivity index (χ0) is 15.5. The highest BCUT2D eigenvalue weighted by molar-refractivity contribution is 7.10. The molecule has 0 radical (unpaired) electrons. The number of nitrogens with one attached hydrogen (secondary N) is 1. The average molecular weight is 321 g/mol. The number of aryl methyl sites for hydroxylation is 1. The molecule has 1 aliphatic carbocycles. The molecular formula is C17H27N3OS. The monoisotopic (exact) mass is 321 g/mol. The Morgan fingerprint density at radius 2 is 2.18 bits per heavy atom. The summed E-state index contributed by atoms with van der Waals surface area (Å²) in [6, 6.07) is 2.91. The maximum absolute atomic E-state index is 12.6. The van der Waals surface area contributed by atoms with Crippen molar-refractivity contribution < 1.29 is 4.79 Å². The van der Waals surface area contributed by atoms with Crippen LogP contribution >= 0.6 is 11.3 Å². The molecule has 2 amide bonds. The van der Waals surface area contributed by atoms with Crippen LogP contribution in [0.4, 0.5) is 4.79 Å². The lowest BCUT2D eigenvalue weighted by atomic mass is 10.2. The van der Waals surface area contributed by atoms with Crippen LogP contribution in [0.15, 0.2) is 11.4 Å². The van der Waals surface area contributed by atoms with Gasteiger partial charge in [-0.15, -0.1) is 11.3 Å². The normalized spacial score (nSPS) is 20.1. The molecule has 4 nitrogen and oxygen atoms in total. The van der Waals surface area contributed by atoms with Gasteiger partial charge in [0.25, 0.3) is 0 Å². The first kappa shape index (κ1) is 15.8. The van der Waals surface area contributed by atoms with Crippen molar-refractivity contribution in [2.24, 2.45) is 0 Å². The zero-order valence-electron chi connectivity index (χ0n) is 13.7. The number of nitrogens with zero attached hydrogens (tertiary/aromatic N) is 2. The van der Waals surface area contributed by atoms with Crippen molar-refractivity contribution in [3.05, 3.63) is 21.9 Å². The van der Waals surface area contributed by atoms with Crippen LogP contribution in [0.1, 0.15) is 43.0 Å². The van der Waals surface area contributed by atoms with Crippen molar-refractivity contribution in [3.63, 3.8) is 0 Å². The second-order valence-electron chi connectivity index (χ2n) is 6.74. The Labute approximate surface area is 137 Å². The molecule has 2 fully saturated rings. The van der Waals surface area contributed by atoms with Gasteiger partial charge < -0.3 is 15.1 Å². The van der Waals surface area contributed by atoms with Crippen LogP contribution in [-0.2, 0) is 6.54 Å². The van der Waals surface area contributed by atoms with E-state index in [0.717, 1.165) is 25.9 Å². The summed E-state index contributed by atoms with van der Waals surface area (Å²) in [7, 11) is 0. The van der Waals surface area contributed by atoms with E-state index in [1.54, 1.807) is 11.3 Å². The number of hydrogen-bond acceptors (Lipinski definition) is 3. The summed E-state index contributed by atoms with van der Waals surface area (Å²) in [5, 5.41) is 5.32. The van der Waals surface area contributed by atoms with Gasteiger partial charge in [0.15, 0.2) is 0 Å². The summed E-state index contributed by atoms with van der Waals surface area (Å²) in [6.45, 7) is 8.35. The van der Waals surface area contributed by atoms with Crippen LogP contribution in [-0.4, -0.2) is 47.5 Å². The number of hydrogen-bond donors (Lipinski definition) is 1. The Bertz CT molecular complexity index is 506. The lowest BCUT2D eigenvalue weighted by Crippen LogP contribution is -2.48. The minimum atomic E-state index is 0.113. The van der Waals surface area contributed by atoms with Crippen LogP contribution in [0.3, 0.4) is 0 Å². The first-order valence-electron chi connectivity index (χ1n) is 8.46. The summed E-state index contributed by atoms with van der Waals surface area (Å²) in [6.07, 6.45) is 4.90. The van der Waals surface area contributed by atoms with Gasteiger partial charge in [0.05, 0.1) is 6.54 Å². The van der Waals surface area contributed by atoms with Crippen LogP contribution in [0.25, 0.3) is 0 Å². The van der Waals surface area contributed by atoms with Crippen molar-refractivity contribution in [1.29, 1.82) is 0 Å². The van der Waals surface area contributed by atoms with E-state index in [4.69, 9.17) is 0 Å². The second kappa shape index (κ2) is 7.01. The number of rotatable bonds is 6. The third kappa shape index (κ3) is 4.02. The van der Waals surface area contributed by atoms with Crippen molar-refractivity contribution in [2.75, 3.05) is 19.6 Å². The maximum atomic E-state index is 12.6. The van der Waals surface area contributed by atoms with Crippen molar-refractivity contribution in [2.45, 2.75) is 58.2 Å². The van der Waals surface area contributed by atoms with Gasteiger partial charge in [-0.2, -0.15) is 0 Å². The standard InChI is InChI=1S/C17H27N3OS/c1-13-7-10-22-16(13)12-20(15-5-6-15)17(21)18-14(2)11-19-8-3-4-9-19/h7,10,14-15H,3-6,8-9,11-12H2,1-2H3,(H,18,21). The fourth-order valence-corrected chi connectivity index (χ4v) is 4.07. The van der Waals surface area contributed by atoms with E-state index in [9.17, 15) is 4.79 Å². The summed E-state index contributed by atoms with van der Waals surface area (Å²) in [4.78, 5) is 18.5. The molecule has 1 atom stereocenters. The molecule has 0 spiro atoms. The van der Waals surface area contributed by atoms with Gasteiger partial charge >= 0.3 is 6.03 Å². The van der Waals surface area contributed by atoms with Crippen molar-refractivity contribution in [1.82, 2.24) is 15.1 Å². The molecule has 0 aromatic carbocycles. The molecule has 2 aliphatic rings. The number of carbonyl (C=O) groups is 1. The molecule has 1 aromatic rings. The fourth-order valence-electron chi connectivity index (χ4n) is 3.17. The van der Waals surface area contributed by atoms with Crippen LogP contribution in [0.2, 0.25) is 0 Å². The Hall–Kier alpha value is -1.07. The summed E-state index contributed by atoms with van der Waals surface area (Å²) < 4.78 is 0. The van der Waals surface area contributed by atoms with Gasteiger partial charge in [-0.1, -0.05) is 0 Å². The van der Waals surface area contributed by atoms with Crippen molar-refractivity contribution in [3.8, 4) is 0 Å². The van der Waals surface area contributed by atoms with Crippen LogP contribution in [0, 0.1) is 6.92 Å². The molecule has 22 heavy (non-hydrogen) atoms. The average Bonchev–Trinajstić information content (AvgIpc) is 3.03. The number of thiophene rings is 1. The number of carbonyl (C=O) groups excluding carboxylic acids is 1. The third-order valence-corrected chi connectivity index (χ3v) is 5.64. The van der Waals surface area contributed by atoms with Crippen molar-refractivity contribution >= 4 is 17.4 Å². The SMILES string of the molecule is Cc1ccsc1CN(C(=O)NC(C)CN1CCCC1)C1CC1. The quantitative estimate of drug-likeness (QED) is 0.873. The smallest absolute Gasteiger partial charge is 0.318 e. The Kier molecular flexibility index (Phi) is 5.03. The number of amides is 2. The molecule has 1 aliphatic heterocycles. The Balaban J connectivity index is 1.54. The second-order valence-corrected chi connectivity index (χ2v) is 7.74. The Morgan fingerprint density at radius 1 is 1.45 bits per heavy atom. The van der Waals surface area contributed by atoms with Crippen LogP contribution in [0.5, 0.6) is 0 Å². The summed E-state index contributed by atoms with van der Waals surface area (Å²) >= 11 is 1.76. The molecule has 0 bridgehead atoms. The van der Waals surface area contributed by atoms with E-state index in [2.05, 4.69) is 35.5 Å². The molecule has 1 saturated carbocycles. The molecule has 122 valence electrons. The highest BCUT2D eigenvalue weighted by Crippen LogP contribution is 2.30. The molecule has 1 unspecified atom stereocenters. The third-order valence-electron chi connectivity index (χ3n) is 4.63. The zero-order valence-corrected chi connectivity index (χ0v) is 14.5. The van der Waals surface area contributed by atoms with Gasteiger partial charge in [0.2, 0.25) is 0 Å². The summed E-state index contributed by atoms with van der Waals surface area (Å²) in [5.74, 6) is 0. The molecule has 5 heteroatoms. The molecule has 1 aromatic heterocycles. The Morgan fingerprint density at radius 3 is 2.77 bits per heavy atom. The molecule has 1 saturated heterocycles. The van der Waals surface area contributed by atoms with Gasteiger partial charge in [0, 0.05) is 23.5 Å². The molecule has 2 heterocycles. The highest BCUT2D eigenvalue weighted by Gasteiger charge is 2.33. The largest absolute Gasteiger partial charge is 0.334 e. The molecule has 3 rings (SSSR count). The number of likely N-dealkylation sites (tertiary alicyclic amines) is 1. The van der Waals surface area contributed by atoms with E-state index in [-0.39, 0.29) is 12.1 Å². The number of urea groups is 1. The minimum absolute atomic E-state index is 0.113. The predicted octanol–water partition coefficient (Wildman–Crippen LogP) is 3.21. The van der Waals surface area contributed by atoms with E-state index in [1.807, 2.05) is 4.90 Å². The van der Waals surface area contributed by atoms with E-state index in [0.29, 0.717) is 6.04 Å². The maximum Gasteiger partial charge on any atom is 0.318 e. The van der Waals surface area contributed by atoms with E-state index < -0.39 is 0 Å². The van der Waals surface area contributed by atoms with Gasteiger partial charge in [-0.25, -0.2) is 4.79 Å². The fraction of sp³-hybridized carbons (Fsp3) is 0.706. The lowest BCUT2D eigenvalue weighted by Gasteiger charge is -2.27. The summed E-state index contributed by atoms with van der Waals surface area (Å²) in [5.41, 5.74) is 1.30. The lowest BCUT2D eigenvalue weighted by molar-refractivity contribution is 0.185. The first-order valence-corrected chi connectivity index (χ1v) is 9.34. The minimum Gasteiger partial charge on any atom is -0.334 e. The topological polar surface area (TPSA) is 35.6 Å². The predicted molar refractivity (Wildman–Crippen MR) is 91.3 cm³/mol. The highest BCUT2D eigenvalue weighted by atomic mass is 32.1. The first-order chi connectivity index (χ1) is 10.6. The van der Waals surface area contributed by atoms with Gasteiger partial charge in [-0.05, 0) is 69.6 Å². The molecule has 1 N–H and O–H groups in total. The van der Waals surface area contributed by atoms with E-state index in [1.165, 1.54) is 36.4 Å². The van der Waals surface area contributed by atoms with Crippen LogP contribution < -0.4 is 5.32 Å².